The van der Waals surface area contributed by atoms with E-state index in [9.17, 15) is 0 Å². The molecule has 5 aromatic carbocycles. The van der Waals surface area contributed by atoms with Gasteiger partial charge in [-0.05, 0) is 45.9 Å². The first-order valence-corrected chi connectivity index (χ1v) is 12.3. The zero-order valence-corrected chi connectivity index (χ0v) is 20.5. The predicted molar refractivity (Wildman–Crippen MR) is 150 cm³/mol. The fourth-order valence-electron chi connectivity index (χ4n) is 5.52. The van der Waals surface area contributed by atoms with E-state index >= 15 is 0 Å². The smallest absolute Gasteiger partial charge is 0.0541 e. The molecule has 0 fully saturated rings. The fraction of sp³-hybridized carbons (Fsp3) is 0.118. The van der Waals surface area contributed by atoms with Crippen molar-refractivity contribution in [3.05, 3.63) is 127 Å². The van der Waals surface area contributed by atoms with Gasteiger partial charge in [-0.25, -0.2) is 0 Å². The molecule has 0 aliphatic heterocycles. The number of fused-ring (bicyclic) bond motifs is 3. The summed E-state index contributed by atoms with van der Waals surface area (Å²) in [6.45, 7) is 6.96. The van der Waals surface area contributed by atoms with Crippen molar-refractivity contribution in [2.75, 3.05) is 0 Å². The molecule has 1 heteroatoms. The van der Waals surface area contributed by atoms with Gasteiger partial charge < -0.3 is 4.57 Å². The van der Waals surface area contributed by atoms with Crippen LogP contribution in [-0.4, -0.2) is 4.57 Å². The largest absolute Gasteiger partial charge is 0.309 e. The van der Waals surface area contributed by atoms with E-state index in [0.717, 1.165) is 0 Å². The Bertz CT molecular complexity index is 1610. The Balaban J connectivity index is 1.70. The first-order valence-electron chi connectivity index (χ1n) is 12.3. The van der Waals surface area contributed by atoms with E-state index in [-0.39, 0.29) is 5.41 Å². The van der Waals surface area contributed by atoms with Gasteiger partial charge in [0.25, 0.3) is 0 Å². The standard InChI is InChI=1S/C34H29N/c1-34(2,3)33-25(24-14-5-4-6-15-24)19-13-20-29(33)28-18-9-12-23-32(28)35-30-21-10-7-16-26(30)27-17-8-11-22-31(27)35/h4-23H,1-3H3. The van der Waals surface area contributed by atoms with Crippen LogP contribution in [0.25, 0.3) is 49.7 Å². The van der Waals surface area contributed by atoms with Crippen LogP contribution in [0.3, 0.4) is 0 Å². The van der Waals surface area contributed by atoms with Gasteiger partial charge in [-0.1, -0.05) is 124 Å². The molecule has 0 N–H and O–H groups in total. The van der Waals surface area contributed by atoms with E-state index in [1.807, 2.05) is 0 Å². The van der Waals surface area contributed by atoms with Crippen molar-refractivity contribution in [1.82, 2.24) is 4.57 Å². The summed E-state index contributed by atoms with van der Waals surface area (Å²) in [6.07, 6.45) is 0. The lowest BCUT2D eigenvalue weighted by atomic mass is 9.77. The van der Waals surface area contributed by atoms with Gasteiger partial charge in [0.2, 0.25) is 0 Å². The predicted octanol–water partition coefficient (Wildman–Crippen LogP) is 9.42. The molecule has 6 aromatic rings. The van der Waals surface area contributed by atoms with Crippen LogP contribution in [-0.2, 0) is 5.41 Å². The maximum absolute atomic E-state index is 2.43. The number of rotatable bonds is 3. The fourth-order valence-corrected chi connectivity index (χ4v) is 5.52. The summed E-state index contributed by atoms with van der Waals surface area (Å²) in [5.74, 6) is 0. The van der Waals surface area contributed by atoms with Crippen LogP contribution in [0.15, 0.2) is 121 Å². The van der Waals surface area contributed by atoms with Crippen molar-refractivity contribution in [2.45, 2.75) is 26.2 Å². The molecule has 170 valence electrons. The van der Waals surface area contributed by atoms with E-state index < -0.39 is 0 Å². The molecule has 35 heavy (non-hydrogen) atoms. The first-order chi connectivity index (χ1) is 17.0. The molecule has 0 saturated heterocycles. The van der Waals surface area contributed by atoms with Crippen LogP contribution in [0, 0.1) is 0 Å². The zero-order valence-electron chi connectivity index (χ0n) is 20.5. The van der Waals surface area contributed by atoms with Crippen molar-refractivity contribution in [3.8, 4) is 27.9 Å². The summed E-state index contributed by atoms with van der Waals surface area (Å²) in [5, 5.41) is 2.57. The molecular formula is C34H29N. The average Bonchev–Trinajstić information content (AvgIpc) is 3.23. The number of benzene rings is 5. The van der Waals surface area contributed by atoms with Crippen LogP contribution >= 0.6 is 0 Å². The van der Waals surface area contributed by atoms with Gasteiger partial charge in [0.15, 0.2) is 0 Å². The maximum Gasteiger partial charge on any atom is 0.0541 e. The van der Waals surface area contributed by atoms with Crippen LogP contribution in [0.4, 0.5) is 0 Å². The Morgan fingerprint density at radius 3 is 1.63 bits per heavy atom. The highest BCUT2D eigenvalue weighted by molar-refractivity contribution is 6.09. The molecule has 6 rings (SSSR count). The highest BCUT2D eigenvalue weighted by Gasteiger charge is 2.25. The molecular weight excluding hydrogens is 422 g/mol. The molecule has 0 aliphatic rings. The van der Waals surface area contributed by atoms with Gasteiger partial charge >= 0.3 is 0 Å². The minimum atomic E-state index is -0.0320. The normalized spacial score (nSPS) is 11.9. The minimum Gasteiger partial charge on any atom is -0.309 e. The van der Waals surface area contributed by atoms with Crippen LogP contribution < -0.4 is 0 Å². The highest BCUT2D eigenvalue weighted by Crippen LogP contribution is 2.43. The summed E-state index contributed by atoms with van der Waals surface area (Å²) in [4.78, 5) is 0. The number of hydrogen-bond donors (Lipinski definition) is 0. The van der Waals surface area contributed by atoms with Gasteiger partial charge in [-0.3, -0.25) is 0 Å². The molecule has 1 heterocycles. The zero-order chi connectivity index (χ0) is 24.0. The van der Waals surface area contributed by atoms with Gasteiger partial charge in [-0.2, -0.15) is 0 Å². The summed E-state index contributed by atoms with van der Waals surface area (Å²) in [5.41, 5.74) is 10.1. The second kappa shape index (κ2) is 8.29. The van der Waals surface area contributed by atoms with Crippen molar-refractivity contribution >= 4 is 21.8 Å². The van der Waals surface area contributed by atoms with Crippen molar-refractivity contribution in [3.63, 3.8) is 0 Å². The SMILES string of the molecule is CC(C)(C)c1c(-c2ccccc2)cccc1-c1ccccc1-n1c2ccccc2c2ccccc21. The van der Waals surface area contributed by atoms with Crippen molar-refractivity contribution < 1.29 is 0 Å². The molecule has 0 atom stereocenters. The Labute approximate surface area is 207 Å². The summed E-state index contributed by atoms with van der Waals surface area (Å²) < 4.78 is 2.43. The quantitative estimate of drug-likeness (QED) is 0.252. The monoisotopic (exact) mass is 451 g/mol. The lowest BCUT2D eigenvalue weighted by molar-refractivity contribution is 0.593. The number of aromatic nitrogens is 1. The summed E-state index contributed by atoms with van der Waals surface area (Å²) in [6, 6.07) is 43.8. The van der Waals surface area contributed by atoms with Crippen LogP contribution in [0.5, 0.6) is 0 Å². The van der Waals surface area contributed by atoms with Gasteiger partial charge in [0.1, 0.15) is 0 Å². The third-order valence-electron chi connectivity index (χ3n) is 6.91. The third-order valence-corrected chi connectivity index (χ3v) is 6.91. The van der Waals surface area contributed by atoms with E-state index in [1.165, 1.54) is 55.3 Å². The van der Waals surface area contributed by atoms with Gasteiger partial charge in [0.05, 0.1) is 16.7 Å². The second-order valence-electron chi connectivity index (χ2n) is 10.2. The van der Waals surface area contributed by atoms with Gasteiger partial charge in [-0.15, -0.1) is 0 Å². The van der Waals surface area contributed by atoms with Crippen molar-refractivity contribution in [2.24, 2.45) is 0 Å². The first kappa shape index (κ1) is 21.4. The molecule has 0 spiro atoms. The second-order valence-corrected chi connectivity index (χ2v) is 10.2. The topological polar surface area (TPSA) is 4.93 Å². The third kappa shape index (κ3) is 3.56. The Hall–Kier alpha value is -4.10. The van der Waals surface area contributed by atoms with Crippen LogP contribution in [0.2, 0.25) is 0 Å². The van der Waals surface area contributed by atoms with E-state index in [4.69, 9.17) is 0 Å². The molecule has 1 aromatic heterocycles. The lowest BCUT2D eigenvalue weighted by Gasteiger charge is -2.28. The number of para-hydroxylation sites is 3. The van der Waals surface area contributed by atoms with E-state index in [0.29, 0.717) is 0 Å². The van der Waals surface area contributed by atoms with Gasteiger partial charge in [0, 0.05) is 16.3 Å². The minimum absolute atomic E-state index is 0.0320. The van der Waals surface area contributed by atoms with Crippen molar-refractivity contribution in [1.29, 1.82) is 0 Å². The highest BCUT2D eigenvalue weighted by atomic mass is 15.0. The Kier molecular flexibility index (Phi) is 5.07. The summed E-state index contributed by atoms with van der Waals surface area (Å²) in [7, 11) is 0. The average molecular weight is 452 g/mol. The molecule has 0 radical (unpaired) electrons. The van der Waals surface area contributed by atoms with E-state index in [1.54, 1.807) is 0 Å². The maximum atomic E-state index is 2.43. The van der Waals surface area contributed by atoms with E-state index in [2.05, 4.69) is 147 Å². The molecule has 0 saturated carbocycles. The van der Waals surface area contributed by atoms with Crippen LogP contribution in [0.1, 0.15) is 26.3 Å². The summed E-state index contributed by atoms with van der Waals surface area (Å²) >= 11 is 0. The molecule has 0 unspecified atom stereocenters. The number of hydrogen-bond acceptors (Lipinski definition) is 0. The number of nitrogens with zero attached hydrogens (tertiary/aromatic N) is 1. The molecule has 0 bridgehead atoms. The Morgan fingerprint density at radius 2 is 0.971 bits per heavy atom. The Morgan fingerprint density at radius 1 is 0.457 bits per heavy atom. The lowest BCUT2D eigenvalue weighted by Crippen LogP contribution is -2.15. The molecule has 0 aliphatic carbocycles. The molecule has 0 amide bonds. The molecule has 1 nitrogen and oxygen atoms in total.